The summed E-state index contributed by atoms with van der Waals surface area (Å²) in [7, 11) is 1.87. The molecule has 1 saturated carbocycles. The summed E-state index contributed by atoms with van der Waals surface area (Å²) in [5, 5.41) is 10.9. The fourth-order valence-electron chi connectivity index (χ4n) is 4.83. The Hall–Kier alpha value is -0.860. The third kappa shape index (κ3) is 7.68. The van der Waals surface area contributed by atoms with Crippen molar-refractivity contribution in [2.24, 2.45) is 4.99 Å². The van der Waals surface area contributed by atoms with Crippen LogP contribution < -0.4 is 16.0 Å². The summed E-state index contributed by atoms with van der Waals surface area (Å²) in [4.78, 5) is 7.19. The Bertz CT molecular complexity index is 634. The van der Waals surface area contributed by atoms with Gasteiger partial charge in [0.05, 0.1) is 0 Å². The highest BCUT2D eigenvalue weighted by Crippen LogP contribution is 2.26. The van der Waals surface area contributed by atoms with E-state index in [9.17, 15) is 0 Å². The van der Waals surface area contributed by atoms with Crippen molar-refractivity contribution in [2.75, 3.05) is 26.7 Å². The summed E-state index contributed by atoms with van der Waals surface area (Å²) in [6.07, 6.45) is 8.08. The number of rotatable bonds is 7. The maximum absolute atomic E-state index is 4.47. The van der Waals surface area contributed by atoms with Gasteiger partial charge < -0.3 is 20.9 Å². The molecule has 2 aliphatic rings. The molecule has 6 heteroatoms. The van der Waals surface area contributed by atoms with E-state index in [1.807, 2.05) is 7.05 Å². The minimum Gasteiger partial charge on any atom is -0.355 e. The van der Waals surface area contributed by atoms with Crippen LogP contribution in [-0.2, 0) is 0 Å². The minimum atomic E-state index is -0.0429. The molecule has 30 heavy (non-hydrogen) atoms. The summed E-state index contributed by atoms with van der Waals surface area (Å²) in [6.45, 7) is 9.98. The first-order chi connectivity index (χ1) is 14.0. The number of aliphatic imine (C=N–C) groups is 1. The molecule has 1 aliphatic heterocycles. The van der Waals surface area contributed by atoms with Crippen LogP contribution in [0.5, 0.6) is 0 Å². The molecule has 0 aromatic heterocycles. The number of guanidine groups is 1. The van der Waals surface area contributed by atoms with Gasteiger partial charge in [-0.25, -0.2) is 0 Å². The topological polar surface area (TPSA) is 51.7 Å². The summed E-state index contributed by atoms with van der Waals surface area (Å²) in [5.74, 6) is 0.923. The van der Waals surface area contributed by atoms with Crippen LogP contribution in [0, 0.1) is 0 Å². The highest BCUT2D eigenvalue weighted by Gasteiger charge is 2.28. The van der Waals surface area contributed by atoms with Crippen LogP contribution in [-0.4, -0.2) is 55.2 Å². The van der Waals surface area contributed by atoms with Crippen molar-refractivity contribution in [1.82, 2.24) is 20.9 Å². The van der Waals surface area contributed by atoms with E-state index in [1.165, 1.54) is 57.2 Å². The van der Waals surface area contributed by atoms with E-state index in [4.69, 9.17) is 0 Å². The third-order valence-electron chi connectivity index (χ3n) is 6.54. The van der Waals surface area contributed by atoms with Gasteiger partial charge in [-0.3, -0.25) is 4.99 Å². The predicted molar refractivity (Wildman–Crippen MR) is 139 cm³/mol. The van der Waals surface area contributed by atoms with E-state index in [0.29, 0.717) is 12.1 Å². The van der Waals surface area contributed by atoms with Crippen LogP contribution in [0.1, 0.15) is 70.9 Å². The van der Waals surface area contributed by atoms with Crippen molar-refractivity contribution in [2.45, 2.75) is 83.0 Å². The zero-order valence-electron chi connectivity index (χ0n) is 19.3. The lowest BCUT2D eigenvalue weighted by atomic mass is 10.0. The molecular formula is C24H42IN5. The number of benzene rings is 1. The lowest BCUT2D eigenvalue weighted by Gasteiger charge is -2.37. The Morgan fingerprint density at radius 3 is 2.33 bits per heavy atom. The summed E-state index contributed by atoms with van der Waals surface area (Å²) in [6, 6.07) is 12.3. The van der Waals surface area contributed by atoms with Crippen molar-refractivity contribution < 1.29 is 0 Å². The molecule has 0 bridgehead atoms. The molecule has 1 saturated heterocycles. The van der Waals surface area contributed by atoms with Gasteiger partial charge in [0.15, 0.2) is 5.96 Å². The third-order valence-corrected chi connectivity index (χ3v) is 6.54. The van der Waals surface area contributed by atoms with Crippen LogP contribution in [0.3, 0.4) is 0 Å². The van der Waals surface area contributed by atoms with Crippen molar-refractivity contribution in [1.29, 1.82) is 0 Å². The number of likely N-dealkylation sites (tertiary alicyclic amines) is 1. The molecule has 0 radical (unpaired) electrons. The molecule has 3 N–H and O–H groups in total. The highest BCUT2D eigenvalue weighted by molar-refractivity contribution is 14.0. The smallest absolute Gasteiger partial charge is 0.191 e. The van der Waals surface area contributed by atoms with Gasteiger partial charge in [0, 0.05) is 50.3 Å². The zero-order chi connectivity index (χ0) is 20.7. The predicted octanol–water partition coefficient (Wildman–Crippen LogP) is 4.31. The van der Waals surface area contributed by atoms with Gasteiger partial charge in [-0.15, -0.1) is 24.0 Å². The van der Waals surface area contributed by atoms with E-state index in [0.717, 1.165) is 18.5 Å². The Balaban J connectivity index is 0.00000320. The Kier molecular flexibility index (Phi) is 10.4. The first-order valence-electron chi connectivity index (χ1n) is 11.5. The Labute approximate surface area is 200 Å². The number of piperidine rings is 1. The fraction of sp³-hybridized carbons (Fsp3) is 0.708. The molecule has 0 amide bonds. The molecule has 0 spiro atoms. The van der Waals surface area contributed by atoms with Gasteiger partial charge in [0.2, 0.25) is 0 Å². The second kappa shape index (κ2) is 12.2. The van der Waals surface area contributed by atoms with Gasteiger partial charge in [-0.1, -0.05) is 43.2 Å². The quantitative estimate of drug-likeness (QED) is 0.281. The van der Waals surface area contributed by atoms with Crippen molar-refractivity contribution in [3.63, 3.8) is 0 Å². The number of halogens is 1. The van der Waals surface area contributed by atoms with Crippen LogP contribution in [0.25, 0.3) is 0 Å². The van der Waals surface area contributed by atoms with Gasteiger partial charge >= 0.3 is 0 Å². The van der Waals surface area contributed by atoms with E-state index in [1.54, 1.807) is 0 Å². The van der Waals surface area contributed by atoms with E-state index < -0.39 is 0 Å². The van der Waals surface area contributed by atoms with E-state index in [-0.39, 0.29) is 29.5 Å². The van der Waals surface area contributed by atoms with Gasteiger partial charge in [0.25, 0.3) is 0 Å². The maximum Gasteiger partial charge on any atom is 0.191 e. The number of hydrogen-bond acceptors (Lipinski definition) is 3. The standard InChI is InChI=1S/C24H41N5.HI/c1-19(20-10-6-5-7-11-20)28-24(2,3)18-26-23(25-4)27-21-14-16-29(17-15-21)22-12-8-9-13-22;/h5-7,10-11,19,21-22,28H,8-9,12-18H2,1-4H3,(H2,25,26,27);1H. The Morgan fingerprint density at radius 1 is 1.10 bits per heavy atom. The van der Waals surface area contributed by atoms with Gasteiger partial charge in [-0.2, -0.15) is 0 Å². The first kappa shape index (κ1) is 25.4. The SMILES string of the molecule is CN=C(NCC(C)(C)NC(C)c1ccccc1)NC1CCN(C2CCCC2)CC1.I. The molecule has 1 atom stereocenters. The molecule has 1 unspecified atom stereocenters. The molecule has 5 nitrogen and oxygen atoms in total. The summed E-state index contributed by atoms with van der Waals surface area (Å²) in [5.41, 5.74) is 1.27. The molecule has 1 aromatic rings. The average Bonchev–Trinajstić information content (AvgIpc) is 3.27. The summed E-state index contributed by atoms with van der Waals surface area (Å²) >= 11 is 0. The molecule has 2 fully saturated rings. The summed E-state index contributed by atoms with van der Waals surface area (Å²) < 4.78 is 0. The van der Waals surface area contributed by atoms with Crippen molar-refractivity contribution in [3.8, 4) is 0 Å². The van der Waals surface area contributed by atoms with E-state index in [2.05, 4.69) is 76.9 Å². The second-order valence-corrected chi connectivity index (χ2v) is 9.48. The largest absolute Gasteiger partial charge is 0.355 e. The Morgan fingerprint density at radius 2 is 1.73 bits per heavy atom. The molecule has 1 aromatic carbocycles. The fourth-order valence-corrected chi connectivity index (χ4v) is 4.83. The van der Waals surface area contributed by atoms with Crippen LogP contribution in [0.2, 0.25) is 0 Å². The zero-order valence-corrected chi connectivity index (χ0v) is 21.6. The lowest BCUT2D eigenvalue weighted by Crippen LogP contribution is -2.55. The second-order valence-electron chi connectivity index (χ2n) is 9.48. The molecular weight excluding hydrogens is 485 g/mol. The maximum atomic E-state index is 4.47. The lowest BCUT2D eigenvalue weighted by molar-refractivity contribution is 0.150. The van der Waals surface area contributed by atoms with E-state index >= 15 is 0 Å². The number of nitrogens with zero attached hydrogens (tertiary/aromatic N) is 2. The highest BCUT2D eigenvalue weighted by atomic mass is 127. The van der Waals surface area contributed by atoms with Gasteiger partial charge in [0.1, 0.15) is 0 Å². The normalized spacial score (nSPS) is 20.6. The van der Waals surface area contributed by atoms with Gasteiger partial charge in [-0.05, 0) is 52.0 Å². The van der Waals surface area contributed by atoms with Crippen LogP contribution >= 0.6 is 24.0 Å². The minimum absolute atomic E-state index is 0. The molecule has 170 valence electrons. The van der Waals surface area contributed by atoms with Crippen LogP contribution in [0.4, 0.5) is 0 Å². The number of nitrogens with one attached hydrogen (secondary N) is 3. The first-order valence-corrected chi connectivity index (χ1v) is 11.5. The van der Waals surface area contributed by atoms with Crippen molar-refractivity contribution in [3.05, 3.63) is 35.9 Å². The van der Waals surface area contributed by atoms with Crippen LogP contribution in [0.15, 0.2) is 35.3 Å². The molecule has 1 heterocycles. The average molecular weight is 528 g/mol. The van der Waals surface area contributed by atoms with Crippen molar-refractivity contribution >= 4 is 29.9 Å². The molecule has 1 aliphatic carbocycles. The monoisotopic (exact) mass is 527 g/mol. The molecule has 3 rings (SSSR count). The number of hydrogen-bond donors (Lipinski definition) is 3.